The van der Waals surface area contributed by atoms with Crippen molar-refractivity contribution in [2.24, 2.45) is 0 Å². The Balaban J connectivity index is 1.63. The Morgan fingerprint density at radius 1 is 0.964 bits per heavy atom. The van der Waals surface area contributed by atoms with Gasteiger partial charge in [0, 0.05) is 6.54 Å². The molecule has 28 heavy (non-hydrogen) atoms. The number of hydrogen-bond donors (Lipinski definition) is 3. The van der Waals surface area contributed by atoms with Gasteiger partial charge < -0.3 is 15.5 Å². The van der Waals surface area contributed by atoms with Crippen LogP contribution in [-0.4, -0.2) is 29.3 Å². The highest BCUT2D eigenvalue weighted by Gasteiger charge is 2.19. The monoisotopic (exact) mass is 383 g/mol. The first-order chi connectivity index (χ1) is 13.6. The minimum atomic E-state index is -0.737. The summed E-state index contributed by atoms with van der Waals surface area (Å²) in [5.41, 5.74) is 3.08. The lowest BCUT2D eigenvalue weighted by molar-refractivity contribution is -0.138. The van der Waals surface area contributed by atoms with Crippen molar-refractivity contribution in [1.82, 2.24) is 5.32 Å². The lowest BCUT2D eigenvalue weighted by Crippen LogP contribution is -2.22. The molecule has 2 atom stereocenters. The van der Waals surface area contributed by atoms with Gasteiger partial charge in [0.15, 0.2) is 0 Å². The fraction of sp³-hybridized carbons (Fsp3) is 0.458. The number of aliphatic carboxylic acids is 1. The van der Waals surface area contributed by atoms with Gasteiger partial charge in [-0.2, -0.15) is 0 Å². The van der Waals surface area contributed by atoms with Crippen molar-refractivity contribution in [3.8, 4) is 0 Å². The summed E-state index contributed by atoms with van der Waals surface area (Å²) in [6.07, 6.45) is 5.49. The standard InChI is InChI=1S/C24H33NO3/c1-2-21(24(27)28)22-16-10-9-13-19(22)12-6-3-4-11-17-25-18-23(26)20-14-7-5-8-15-20/h5,7-10,13-16,21,23,25-26H,2-4,6,11-12,17-18H2,1H3,(H,27,28). The highest BCUT2D eigenvalue weighted by Crippen LogP contribution is 2.25. The Bertz CT molecular complexity index is 702. The molecule has 0 spiro atoms. The average Bonchev–Trinajstić information content (AvgIpc) is 2.71. The number of nitrogens with one attached hydrogen (secondary N) is 1. The lowest BCUT2D eigenvalue weighted by atomic mass is 9.90. The van der Waals surface area contributed by atoms with Crippen LogP contribution in [0, 0.1) is 0 Å². The summed E-state index contributed by atoms with van der Waals surface area (Å²) in [6.45, 7) is 3.40. The molecule has 0 aromatic heterocycles. The SMILES string of the molecule is CCC(C(=O)O)c1ccccc1CCCCCCNCC(O)c1ccccc1. The van der Waals surface area contributed by atoms with Gasteiger partial charge in [0.2, 0.25) is 0 Å². The van der Waals surface area contributed by atoms with Crippen molar-refractivity contribution in [3.63, 3.8) is 0 Å². The first-order valence-electron chi connectivity index (χ1n) is 10.4. The average molecular weight is 384 g/mol. The van der Waals surface area contributed by atoms with E-state index in [-0.39, 0.29) is 0 Å². The van der Waals surface area contributed by atoms with Crippen LogP contribution in [0.3, 0.4) is 0 Å². The number of hydrogen-bond acceptors (Lipinski definition) is 3. The molecule has 0 aliphatic rings. The van der Waals surface area contributed by atoms with Gasteiger partial charge in [0.05, 0.1) is 12.0 Å². The van der Waals surface area contributed by atoms with E-state index in [1.54, 1.807) is 0 Å². The van der Waals surface area contributed by atoms with Crippen molar-refractivity contribution in [2.75, 3.05) is 13.1 Å². The van der Waals surface area contributed by atoms with Crippen molar-refractivity contribution in [2.45, 2.75) is 57.5 Å². The molecule has 2 aromatic rings. The Morgan fingerprint density at radius 3 is 2.36 bits per heavy atom. The minimum Gasteiger partial charge on any atom is -0.481 e. The third-order valence-electron chi connectivity index (χ3n) is 5.21. The lowest BCUT2D eigenvalue weighted by Gasteiger charge is -2.15. The van der Waals surface area contributed by atoms with Gasteiger partial charge in [0.1, 0.15) is 0 Å². The second-order valence-corrected chi connectivity index (χ2v) is 7.29. The van der Waals surface area contributed by atoms with E-state index in [0.717, 1.165) is 49.8 Å². The molecule has 2 unspecified atom stereocenters. The van der Waals surface area contributed by atoms with E-state index < -0.39 is 18.0 Å². The number of carboxylic acid groups (broad SMARTS) is 1. The van der Waals surface area contributed by atoms with Crippen molar-refractivity contribution < 1.29 is 15.0 Å². The normalized spacial score (nSPS) is 13.2. The van der Waals surface area contributed by atoms with Gasteiger partial charge in [-0.25, -0.2) is 0 Å². The van der Waals surface area contributed by atoms with Gasteiger partial charge in [-0.3, -0.25) is 4.79 Å². The maximum Gasteiger partial charge on any atom is 0.310 e. The van der Waals surface area contributed by atoms with Crippen molar-refractivity contribution in [3.05, 3.63) is 71.3 Å². The number of benzene rings is 2. The molecule has 2 aromatic carbocycles. The van der Waals surface area contributed by atoms with Gasteiger partial charge in [-0.1, -0.05) is 74.4 Å². The van der Waals surface area contributed by atoms with E-state index in [2.05, 4.69) is 11.4 Å². The van der Waals surface area contributed by atoms with Crippen LogP contribution in [0.25, 0.3) is 0 Å². The summed E-state index contributed by atoms with van der Waals surface area (Å²) in [4.78, 5) is 11.5. The summed E-state index contributed by atoms with van der Waals surface area (Å²) in [6, 6.07) is 17.7. The van der Waals surface area contributed by atoms with Crippen molar-refractivity contribution >= 4 is 5.97 Å². The zero-order valence-corrected chi connectivity index (χ0v) is 16.8. The third-order valence-corrected chi connectivity index (χ3v) is 5.21. The molecule has 2 rings (SSSR count). The molecular formula is C24H33NO3. The molecule has 0 saturated heterocycles. The quantitative estimate of drug-likeness (QED) is 0.439. The highest BCUT2D eigenvalue weighted by molar-refractivity contribution is 5.76. The van der Waals surface area contributed by atoms with E-state index in [4.69, 9.17) is 0 Å². The van der Waals surface area contributed by atoms with E-state index >= 15 is 0 Å². The maximum atomic E-state index is 11.5. The number of aliphatic hydroxyl groups is 1. The molecule has 0 radical (unpaired) electrons. The Kier molecular flexibility index (Phi) is 9.73. The molecule has 0 aliphatic heterocycles. The number of aliphatic hydroxyl groups excluding tert-OH is 1. The summed E-state index contributed by atoms with van der Waals surface area (Å²) >= 11 is 0. The van der Waals surface area contributed by atoms with E-state index in [0.29, 0.717) is 13.0 Å². The second kappa shape index (κ2) is 12.3. The number of unbranched alkanes of at least 4 members (excludes halogenated alkanes) is 3. The minimum absolute atomic E-state index is 0.406. The number of carbonyl (C=O) groups is 1. The zero-order chi connectivity index (χ0) is 20.2. The van der Waals surface area contributed by atoms with Crippen LogP contribution in [0.1, 0.15) is 67.7 Å². The van der Waals surface area contributed by atoms with Gasteiger partial charge in [0.25, 0.3) is 0 Å². The number of carboxylic acids is 1. The van der Waals surface area contributed by atoms with Crippen LogP contribution < -0.4 is 5.32 Å². The molecule has 152 valence electrons. The van der Waals surface area contributed by atoms with Crippen LogP contribution in [0.2, 0.25) is 0 Å². The topological polar surface area (TPSA) is 69.6 Å². The van der Waals surface area contributed by atoms with Crippen LogP contribution in [0.15, 0.2) is 54.6 Å². The molecule has 0 aliphatic carbocycles. The molecule has 0 amide bonds. The first kappa shape index (κ1) is 22.1. The predicted octanol–water partition coefficient (Wildman–Crippen LogP) is 4.69. The van der Waals surface area contributed by atoms with Crippen LogP contribution >= 0.6 is 0 Å². The van der Waals surface area contributed by atoms with Gasteiger partial charge in [-0.05, 0) is 48.9 Å². The second-order valence-electron chi connectivity index (χ2n) is 7.29. The Morgan fingerprint density at radius 2 is 1.64 bits per heavy atom. The molecule has 0 heterocycles. The Labute approximate surface area is 168 Å². The third kappa shape index (κ3) is 7.10. The molecule has 0 saturated carbocycles. The Hall–Kier alpha value is -2.17. The van der Waals surface area contributed by atoms with Crippen LogP contribution in [0.4, 0.5) is 0 Å². The molecule has 4 heteroatoms. The van der Waals surface area contributed by atoms with Gasteiger partial charge >= 0.3 is 5.97 Å². The molecular weight excluding hydrogens is 350 g/mol. The largest absolute Gasteiger partial charge is 0.481 e. The zero-order valence-electron chi connectivity index (χ0n) is 16.8. The van der Waals surface area contributed by atoms with E-state index in [1.807, 2.05) is 55.5 Å². The predicted molar refractivity (Wildman–Crippen MR) is 114 cm³/mol. The number of rotatable bonds is 13. The molecule has 0 fully saturated rings. The molecule has 0 bridgehead atoms. The summed E-state index contributed by atoms with van der Waals surface area (Å²) in [5, 5.41) is 22.9. The molecule has 4 nitrogen and oxygen atoms in total. The first-order valence-corrected chi connectivity index (χ1v) is 10.4. The van der Waals surface area contributed by atoms with Crippen LogP contribution in [0.5, 0.6) is 0 Å². The summed E-state index contributed by atoms with van der Waals surface area (Å²) in [7, 11) is 0. The van der Waals surface area contributed by atoms with Crippen molar-refractivity contribution in [1.29, 1.82) is 0 Å². The molecule has 3 N–H and O–H groups in total. The fourth-order valence-electron chi connectivity index (χ4n) is 3.58. The summed E-state index contributed by atoms with van der Waals surface area (Å²) in [5.74, 6) is -1.14. The fourth-order valence-corrected chi connectivity index (χ4v) is 3.58. The summed E-state index contributed by atoms with van der Waals surface area (Å²) < 4.78 is 0. The van der Waals surface area contributed by atoms with Gasteiger partial charge in [-0.15, -0.1) is 0 Å². The van der Waals surface area contributed by atoms with Crippen LogP contribution in [-0.2, 0) is 11.2 Å². The number of aryl methyl sites for hydroxylation is 1. The maximum absolute atomic E-state index is 11.5. The van der Waals surface area contributed by atoms with E-state index in [1.165, 1.54) is 5.56 Å². The highest BCUT2D eigenvalue weighted by atomic mass is 16.4. The smallest absolute Gasteiger partial charge is 0.310 e. The van der Waals surface area contributed by atoms with E-state index in [9.17, 15) is 15.0 Å².